The van der Waals surface area contributed by atoms with Gasteiger partial charge in [-0.15, -0.1) is 0 Å². The summed E-state index contributed by atoms with van der Waals surface area (Å²) in [6.07, 6.45) is 0. The number of hydrogen-bond donors (Lipinski definition) is 2. The molecule has 0 aromatic rings. The summed E-state index contributed by atoms with van der Waals surface area (Å²) in [6.45, 7) is -0.250. The average molecular weight is 104 g/mol. The Hall–Kier alpha value is 0.850. The van der Waals surface area contributed by atoms with E-state index >= 15 is 0 Å². The van der Waals surface area contributed by atoms with Crippen LogP contribution in [0.2, 0.25) is 0 Å². The Bertz CT molecular complexity index is 13.5. The summed E-state index contributed by atoms with van der Waals surface area (Å²) in [7, 11) is 0. The topological polar surface area (TPSA) is 40.5 Å². The molecule has 0 atom stereocenters. The van der Waals surface area contributed by atoms with Crippen molar-refractivity contribution >= 4 is 0 Å². The molecule has 0 amide bonds. The van der Waals surface area contributed by atoms with Crippen molar-refractivity contribution in [3.05, 3.63) is 0 Å². The Morgan fingerprint density at radius 3 is 1.17 bits per heavy atom. The Morgan fingerprint density at radius 2 is 1.17 bits per heavy atom. The molecule has 0 aromatic carbocycles. The van der Waals surface area contributed by atoms with Gasteiger partial charge >= 0.3 is 29.6 Å². The van der Waals surface area contributed by atoms with Crippen LogP contribution in [0.3, 0.4) is 0 Å². The first-order chi connectivity index (χ1) is 1.91. The van der Waals surface area contributed by atoms with Gasteiger partial charge in [0.05, 0.1) is 13.2 Å². The summed E-state index contributed by atoms with van der Waals surface area (Å²) in [5.74, 6) is 0. The van der Waals surface area contributed by atoms with E-state index in [-0.39, 0.29) is 47.5 Å². The molecule has 2 nitrogen and oxygen atoms in total. The molecule has 6 heavy (non-hydrogen) atoms. The van der Waals surface area contributed by atoms with Crippen molar-refractivity contribution in [3.8, 4) is 0 Å². The molecule has 0 rings (SSSR count). The Kier molecular flexibility index (Phi) is 44.7. The fourth-order valence-corrected chi connectivity index (χ4v) is 0. The molecule has 0 aliphatic carbocycles. The van der Waals surface area contributed by atoms with Gasteiger partial charge in [0.25, 0.3) is 0 Å². The van der Waals surface area contributed by atoms with E-state index in [1.165, 1.54) is 0 Å². The second-order valence-electron chi connectivity index (χ2n) is 0.447. The predicted octanol–water partition coefficient (Wildman–Crippen LogP) is -7.02. The second kappa shape index (κ2) is 16.9. The summed E-state index contributed by atoms with van der Waals surface area (Å²) in [4.78, 5) is 0. The van der Waals surface area contributed by atoms with E-state index in [1.807, 2.05) is 0 Å². The Labute approximate surface area is 57.8 Å². The van der Waals surface area contributed by atoms with Crippen LogP contribution >= 0.6 is 0 Å². The second-order valence-corrected chi connectivity index (χ2v) is 0.447. The zero-order valence-electron chi connectivity index (χ0n) is 3.69. The fraction of sp³-hybridized carbons (Fsp3) is 1.00. The third kappa shape index (κ3) is 21.0. The average Bonchev–Trinajstić information content (AvgIpc) is 1.37. The first kappa shape index (κ1) is 15.8. The minimum absolute atomic E-state index is 0. The van der Waals surface area contributed by atoms with Crippen molar-refractivity contribution in [3.63, 3.8) is 0 Å². The Balaban J connectivity index is -0.0000000450. The van der Waals surface area contributed by atoms with Crippen LogP contribution in [0.15, 0.2) is 0 Å². The fourth-order valence-electron chi connectivity index (χ4n) is 0. The van der Waals surface area contributed by atoms with Crippen molar-refractivity contribution in [1.29, 1.82) is 0 Å². The van der Waals surface area contributed by atoms with Crippen molar-refractivity contribution in [2.75, 3.05) is 13.2 Å². The summed E-state index contributed by atoms with van der Waals surface area (Å²) in [5.41, 5.74) is 0. The van der Waals surface area contributed by atoms with Crippen LogP contribution in [0, 0.1) is 0 Å². The largest absolute Gasteiger partial charge is 1.00 e. The zero-order valence-corrected chi connectivity index (χ0v) is 5.69. The van der Waals surface area contributed by atoms with Gasteiger partial charge in [0.2, 0.25) is 0 Å². The smallest absolute Gasteiger partial charge is 1.00 e. The first-order valence-corrected chi connectivity index (χ1v) is 1.13. The normalized spacial score (nSPS) is 5.00. The van der Waals surface area contributed by atoms with Gasteiger partial charge in [0.15, 0.2) is 0 Å². The molecular formula is C2H6FNaO2. The van der Waals surface area contributed by atoms with E-state index < -0.39 is 0 Å². The quantitative estimate of drug-likeness (QED) is 0.324. The number of halogens is 1. The number of hydrogen-bond acceptors (Lipinski definition) is 2. The van der Waals surface area contributed by atoms with E-state index in [1.54, 1.807) is 0 Å². The third-order valence-electron chi connectivity index (χ3n) is 0.1000. The molecule has 0 heterocycles. The number of aliphatic hydroxyl groups excluding tert-OH is 2. The van der Waals surface area contributed by atoms with Crippen LogP contribution in [0.25, 0.3) is 0 Å². The molecule has 4 heteroatoms. The van der Waals surface area contributed by atoms with E-state index in [2.05, 4.69) is 0 Å². The molecule has 0 saturated heterocycles. The molecule has 0 aliphatic heterocycles. The van der Waals surface area contributed by atoms with Crippen molar-refractivity contribution in [1.82, 2.24) is 0 Å². The molecule has 0 radical (unpaired) electrons. The van der Waals surface area contributed by atoms with Crippen LogP contribution in [0.5, 0.6) is 0 Å². The van der Waals surface area contributed by atoms with Crippen LogP contribution in [-0.4, -0.2) is 23.4 Å². The summed E-state index contributed by atoms with van der Waals surface area (Å²) in [6, 6.07) is 0. The minimum Gasteiger partial charge on any atom is -1.00 e. The summed E-state index contributed by atoms with van der Waals surface area (Å²) >= 11 is 0. The van der Waals surface area contributed by atoms with E-state index in [4.69, 9.17) is 10.2 Å². The van der Waals surface area contributed by atoms with Gasteiger partial charge in [-0.1, -0.05) is 0 Å². The maximum Gasteiger partial charge on any atom is 1.00 e. The first-order valence-electron chi connectivity index (χ1n) is 1.13. The van der Waals surface area contributed by atoms with Crippen LogP contribution < -0.4 is 34.3 Å². The number of aliphatic hydroxyl groups is 2. The van der Waals surface area contributed by atoms with Gasteiger partial charge < -0.3 is 14.9 Å². The molecule has 34 valence electrons. The zero-order chi connectivity index (χ0) is 3.41. The van der Waals surface area contributed by atoms with E-state index in [9.17, 15) is 0 Å². The van der Waals surface area contributed by atoms with Crippen LogP contribution in [0.4, 0.5) is 0 Å². The van der Waals surface area contributed by atoms with Crippen LogP contribution in [-0.2, 0) is 0 Å². The van der Waals surface area contributed by atoms with Crippen molar-refractivity contribution in [2.24, 2.45) is 0 Å². The molecule has 0 fully saturated rings. The Morgan fingerprint density at radius 1 is 1.00 bits per heavy atom. The third-order valence-corrected chi connectivity index (χ3v) is 0.1000. The molecule has 2 N–H and O–H groups in total. The predicted molar refractivity (Wildman–Crippen MR) is 14.2 cm³/mol. The molecule has 0 saturated carbocycles. The molecular weight excluding hydrogens is 98.0 g/mol. The van der Waals surface area contributed by atoms with Crippen molar-refractivity contribution < 1.29 is 44.5 Å². The van der Waals surface area contributed by atoms with Crippen molar-refractivity contribution in [2.45, 2.75) is 0 Å². The SMILES string of the molecule is OCCO.[F-].[Na+]. The molecule has 0 unspecified atom stereocenters. The van der Waals surface area contributed by atoms with Crippen LogP contribution in [0.1, 0.15) is 0 Å². The monoisotopic (exact) mass is 104 g/mol. The van der Waals surface area contributed by atoms with Gasteiger partial charge in [-0.25, -0.2) is 0 Å². The van der Waals surface area contributed by atoms with Gasteiger partial charge in [-0.3, -0.25) is 0 Å². The van der Waals surface area contributed by atoms with E-state index in [0.717, 1.165) is 0 Å². The van der Waals surface area contributed by atoms with Gasteiger partial charge in [-0.05, 0) is 0 Å². The number of rotatable bonds is 1. The van der Waals surface area contributed by atoms with E-state index in [0.29, 0.717) is 0 Å². The maximum absolute atomic E-state index is 7.62. The molecule has 0 spiro atoms. The summed E-state index contributed by atoms with van der Waals surface area (Å²) < 4.78 is 0. The standard InChI is InChI=1S/C2H6O2.FH.Na/c3-1-2-4;;/h3-4H,1-2H2;1H;/q;;+1/p-1. The molecule has 0 bridgehead atoms. The molecule has 0 aromatic heterocycles. The summed E-state index contributed by atoms with van der Waals surface area (Å²) in [5, 5.41) is 15.2. The maximum atomic E-state index is 7.62. The minimum atomic E-state index is -0.125. The van der Waals surface area contributed by atoms with Gasteiger partial charge in [0, 0.05) is 0 Å². The van der Waals surface area contributed by atoms with Gasteiger partial charge in [0.1, 0.15) is 0 Å². The molecule has 0 aliphatic rings. The van der Waals surface area contributed by atoms with Gasteiger partial charge in [-0.2, -0.15) is 0 Å².